The summed E-state index contributed by atoms with van der Waals surface area (Å²) in [5.74, 6) is -0.340. The maximum Gasteiger partial charge on any atom is 0.410 e. The van der Waals surface area contributed by atoms with Gasteiger partial charge < -0.3 is 18.9 Å². The molecule has 0 spiro atoms. The van der Waals surface area contributed by atoms with Gasteiger partial charge in [0.15, 0.2) is 0 Å². The molecule has 1 amide bonds. The largest absolute Gasteiger partial charge is 0.465 e. The predicted octanol–water partition coefficient (Wildman–Crippen LogP) is 4.90. The molecule has 1 aliphatic heterocycles. The number of rotatable bonds is 4. The first-order chi connectivity index (χ1) is 15.7. The van der Waals surface area contributed by atoms with Crippen LogP contribution >= 0.6 is 0 Å². The first-order valence-electron chi connectivity index (χ1n) is 11.0. The zero-order valence-corrected chi connectivity index (χ0v) is 19.5. The SMILES string of the molecule is COC(=O)c1ccc(Cn2ccc3ncc(C4=CCN(C(=O)OC(C)(C)C)CC4)cc32)cc1. The second-order valence-electron chi connectivity index (χ2n) is 9.17. The van der Waals surface area contributed by atoms with Gasteiger partial charge in [0.1, 0.15) is 5.60 Å². The number of fused-ring (bicyclic) bond motifs is 1. The van der Waals surface area contributed by atoms with Gasteiger partial charge in [-0.25, -0.2) is 9.59 Å². The van der Waals surface area contributed by atoms with E-state index in [4.69, 9.17) is 9.47 Å². The van der Waals surface area contributed by atoms with E-state index < -0.39 is 5.60 Å². The molecule has 0 saturated heterocycles. The lowest BCUT2D eigenvalue weighted by Gasteiger charge is -2.29. The molecule has 0 bridgehead atoms. The van der Waals surface area contributed by atoms with Crippen LogP contribution in [0.5, 0.6) is 0 Å². The second kappa shape index (κ2) is 9.10. The molecule has 7 heteroatoms. The summed E-state index contributed by atoms with van der Waals surface area (Å²) in [5.41, 5.74) is 5.33. The van der Waals surface area contributed by atoms with Gasteiger partial charge in [-0.05, 0) is 68.2 Å². The van der Waals surface area contributed by atoms with Crippen LogP contribution in [0.2, 0.25) is 0 Å². The highest BCUT2D eigenvalue weighted by Gasteiger charge is 2.24. The van der Waals surface area contributed by atoms with E-state index in [1.807, 2.05) is 51.4 Å². The first kappa shape index (κ1) is 22.6. The number of pyridine rings is 1. The van der Waals surface area contributed by atoms with Crippen LogP contribution in [0.3, 0.4) is 0 Å². The zero-order chi connectivity index (χ0) is 23.6. The lowest BCUT2D eigenvalue weighted by Crippen LogP contribution is -2.39. The molecule has 0 unspecified atom stereocenters. The number of ether oxygens (including phenoxy) is 2. The molecule has 2 aromatic heterocycles. The Labute approximate surface area is 193 Å². The minimum Gasteiger partial charge on any atom is -0.465 e. The van der Waals surface area contributed by atoms with Crippen molar-refractivity contribution in [2.24, 2.45) is 0 Å². The van der Waals surface area contributed by atoms with Crippen molar-refractivity contribution in [3.63, 3.8) is 0 Å². The third-order valence-electron chi connectivity index (χ3n) is 5.58. The Morgan fingerprint density at radius 3 is 2.52 bits per heavy atom. The Hall–Kier alpha value is -3.61. The van der Waals surface area contributed by atoms with Crippen LogP contribution < -0.4 is 0 Å². The standard InChI is InChI=1S/C26H29N3O4/c1-26(2,3)33-25(31)28-12-9-19(10-13-28)21-15-23-22(27-16-21)11-14-29(23)17-18-5-7-20(8-6-18)24(30)32-4/h5-9,11,14-16H,10,12-13,17H2,1-4H3. The number of amides is 1. The van der Waals surface area contributed by atoms with Gasteiger partial charge in [0.2, 0.25) is 0 Å². The smallest absolute Gasteiger partial charge is 0.410 e. The molecule has 0 saturated carbocycles. The minimum absolute atomic E-state index is 0.279. The predicted molar refractivity (Wildman–Crippen MR) is 127 cm³/mol. The van der Waals surface area contributed by atoms with E-state index in [1.54, 1.807) is 17.0 Å². The Morgan fingerprint density at radius 2 is 1.88 bits per heavy atom. The van der Waals surface area contributed by atoms with Gasteiger partial charge in [0.25, 0.3) is 0 Å². The van der Waals surface area contributed by atoms with Crippen molar-refractivity contribution in [2.45, 2.75) is 39.3 Å². The van der Waals surface area contributed by atoms with Crippen molar-refractivity contribution >= 4 is 28.7 Å². The molecule has 0 N–H and O–H groups in total. The average molecular weight is 448 g/mol. The summed E-state index contributed by atoms with van der Waals surface area (Å²) >= 11 is 0. The van der Waals surface area contributed by atoms with Gasteiger partial charge in [-0.3, -0.25) is 4.98 Å². The van der Waals surface area contributed by atoms with Gasteiger partial charge in [-0.15, -0.1) is 0 Å². The van der Waals surface area contributed by atoms with Crippen molar-refractivity contribution in [2.75, 3.05) is 20.2 Å². The number of carbonyl (C=O) groups excluding carboxylic acids is 2. The molecule has 0 radical (unpaired) electrons. The van der Waals surface area contributed by atoms with Gasteiger partial charge in [0.05, 0.1) is 23.7 Å². The quantitative estimate of drug-likeness (QED) is 0.532. The fourth-order valence-corrected chi connectivity index (χ4v) is 3.86. The summed E-state index contributed by atoms with van der Waals surface area (Å²) in [5, 5.41) is 0. The van der Waals surface area contributed by atoms with E-state index in [2.05, 4.69) is 21.7 Å². The van der Waals surface area contributed by atoms with Crippen LogP contribution in [0.4, 0.5) is 4.79 Å². The van der Waals surface area contributed by atoms with Crippen LogP contribution in [0.1, 0.15) is 48.7 Å². The maximum atomic E-state index is 12.3. The highest BCUT2D eigenvalue weighted by molar-refractivity contribution is 5.89. The monoisotopic (exact) mass is 447 g/mol. The number of methoxy groups -OCH3 is 1. The van der Waals surface area contributed by atoms with E-state index in [-0.39, 0.29) is 12.1 Å². The maximum absolute atomic E-state index is 12.3. The van der Waals surface area contributed by atoms with E-state index in [9.17, 15) is 9.59 Å². The summed E-state index contributed by atoms with van der Waals surface area (Å²) in [7, 11) is 1.38. The van der Waals surface area contributed by atoms with Gasteiger partial charge in [-0.2, -0.15) is 0 Å². The number of aromatic nitrogens is 2. The summed E-state index contributed by atoms with van der Waals surface area (Å²) in [6.07, 6.45) is 6.47. The molecule has 0 atom stereocenters. The minimum atomic E-state index is -0.499. The number of esters is 1. The lowest BCUT2D eigenvalue weighted by molar-refractivity contribution is 0.0270. The summed E-state index contributed by atoms with van der Waals surface area (Å²) in [4.78, 5) is 30.3. The van der Waals surface area contributed by atoms with Crippen molar-refractivity contribution in [3.8, 4) is 0 Å². The summed E-state index contributed by atoms with van der Waals surface area (Å²) in [6.45, 7) is 7.43. The third-order valence-corrected chi connectivity index (χ3v) is 5.58. The van der Waals surface area contributed by atoms with E-state index in [1.165, 1.54) is 12.7 Å². The molecular formula is C26H29N3O4. The topological polar surface area (TPSA) is 73.7 Å². The molecule has 172 valence electrons. The molecule has 3 aromatic rings. The Balaban J connectivity index is 1.50. The molecule has 1 aromatic carbocycles. The number of hydrogen-bond acceptors (Lipinski definition) is 5. The van der Waals surface area contributed by atoms with E-state index >= 15 is 0 Å². The number of carbonyl (C=O) groups is 2. The third kappa shape index (κ3) is 5.25. The van der Waals surface area contributed by atoms with Crippen LogP contribution in [-0.4, -0.2) is 52.3 Å². The Morgan fingerprint density at radius 1 is 1.12 bits per heavy atom. The van der Waals surface area contributed by atoms with Crippen molar-refractivity contribution in [3.05, 3.63) is 71.6 Å². The van der Waals surface area contributed by atoms with Crippen molar-refractivity contribution in [1.82, 2.24) is 14.5 Å². The zero-order valence-electron chi connectivity index (χ0n) is 19.5. The van der Waals surface area contributed by atoms with Crippen LogP contribution in [0.25, 0.3) is 16.6 Å². The molecule has 0 fully saturated rings. The number of hydrogen-bond donors (Lipinski definition) is 0. The van der Waals surface area contributed by atoms with Crippen LogP contribution in [-0.2, 0) is 16.0 Å². The van der Waals surface area contributed by atoms with Gasteiger partial charge in [-0.1, -0.05) is 18.2 Å². The molecule has 7 nitrogen and oxygen atoms in total. The Bertz CT molecular complexity index is 1200. The van der Waals surface area contributed by atoms with Crippen molar-refractivity contribution in [1.29, 1.82) is 0 Å². The second-order valence-corrected chi connectivity index (χ2v) is 9.17. The van der Waals surface area contributed by atoms with Crippen LogP contribution in [0, 0.1) is 0 Å². The van der Waals surface area contributed by atoms with Gasteiger partial charge in [0, 0.05) is 32.0 Å². The number of nitrogens with zero attached hydrogens (tertiary/aromatic N) is 3. The molecule has 33 heavy (non-hydrogen) atoms. The summed E-state index contributed by atoms with van der Waals surface area (Å²) in [6, 6.07) is 11.6. The molecule has 3 heterocycles. The molecule has 1 aliphatic rings. The normalized spacial score (nSPS) is 14.2. The molecule has 0 aliphatic carbocycles. The molecule has 4 rings (SSSR count). The lowest BCUT2D eigenvalue weighted by atomic mass is 10.0. The van der Waals surface area contributed by atoms with Crippen LogP contribution in [0.15, 0.2) is 54.9 Å². The number of benzene rings is 1. The highest BCUT2D eigenvalue weighted by Crippen LogP contribution is 2.26. The highest BCUT2D eigenvalue weighted by atomic mass is 16.6. The summed E-state index contributed by atoms with van der Waals surface area (Å²) < 4.78 is 12.4. The van der Waals surface area contributed by atoms with E-state index in [0.717, 1.165) is 28.6 Å². The fraction of sp³-hybridized carbons (Fsp3) is 0.346. The Kier molecular flexibility index (Phi) is 6.22. The van der Waals surface area contributed by atoms with Crippen molar-refractivity contribution < 1.29 is 19.1 Å². The fourth-order valence-electron chi connectivity index (χ4n) is 3.86. The average Bonchev–Trinajstić information content (AvgIpc) is 3.20. The molecular weight excluding hydrogens is 418 g/mol. The van der Waals surface area contributed by atoms with E-state index in [0.29, 0.717) is 25.2 Å². The first-order valence-corrected chi connectivity index (χ1v) is 11.0. The van der Waals surface area contributed by atoms with Gasteiger partial charge >= 0.3 is 12.1 Å².